The molecule has 0 bridgehead atoms. The number of halogens is 1. The number of carbonyl (C=O) groups excluding carboxylic acids is 3. The van der Waals surface area contributed by atoms with Gasteiger partial charge < -0.3 is 24.6 Å². The van der Waals surface area contributed by atoms with Gasteiger partial charge in [-0.1, -0.05) is 5.16 Å². The Morgan fingerprint density at radius 1 is 1.32 bits per heavy atom. The Balaban J connectivity index is 1.54. The number of amides is 2. The van der Waals surface area contributed by atoms with E-state index in [1.165, 1.54) is 6.20 Å². The van der Waals surface area contributed by atoms with E-state index in [4.69, 9.17) is 14.4 Å². The van der Waals surface area contributed by atoms with Crippen LogP contribution >= 0.6 is 0 Å². The number of ether oxygens (including phenoxy) is 1. The zero-order chi connectivity index (χ0) is 26.8. The lowest BCUT2D eigenvalue weighted by Crippen LogP contribution is -2.72. The van der Waals surface area contributed by atoms with Gasteiger partial charge in [0.25, 0.3) is 0 Å². The number of imide groups is 1. The highest BCUT2D eigenvalue weighted by molar-refractivity contribution is 6.22. The molecule has 3 aromatic rings. The van der Waals surface area contributed by atoms with Crippen LogP contribution in [0, 0.1) is 11.2 Å². The van der Waals surface area contributed by atoms with Crippen LogP contribution in [0.5, 0.6) is 0 Å². The second kappa shape index (κ2) is 8.81. The summed E-state index contributed by atoms with van der Waals surface area (Å²) in [6, 6.07) is 2.44. The van der Waals surface area contributed by atoms with Crippen LogP contribution in [0.1, 0.15) is 25.8 Å². The van der Waals surface area contributed by atoms with Gasteiger partial charge in [-0.15, -0.1) is 0 Å². The maximum Gasteiger partial charge on any atom is 0.242 e. The van der Waals surface area contributed by atoms with E-state index >= 15 is 4.39 Å². The van der Waals surface area contributed by atoms with Gasteiger partial charge in [-0.3, -0.25) is 19.7 Å². The molecule has 0 radical (unpaired) electrons. The lowest BCUT2D eigenvalue weighted by molar-refractivity contribution is -0.158. The van der Waals surface area contributed by atoms with E-state index in [9.17, 15) is 14.4 Å². The molecule has 1 aromatic carbocycles. The van der Waals surface area contributed by atoms with Crippen LogP contribution in [0.4, 0.5) is 16.0 Å². The Labute approximate surface area is 215 Å². The first kappa shape index (κ1) is 24.4. The van der Waals surface area contributed by atoms with Crippen LogP contribution in [0.25, 0.3) is 22.4 Å². The first-order valence-electron chi connectivity index (χ1n) is 12.3. The molecule has 3 aliphatic heterocycles. The molecule has 1 spiro atoms. The van der Waals surface area contributed by atoms with Gasteiger partial charge in [0.05, 0.1) is 48.0 Å². The highest BCUT2D eigenvalue weighted by atomic mass is 19.1. The predicted octanol–water partition coefficient (Wildman–Crippen LogP) is 0.968. The average Bonchev–Trinajstić information content (AvgIpc) is 3.30. The number of morpholine rings is 1. The van der Waals surface area contributed by atoms with Crippen molar-refractivity contribution < 1.29 is 33.1 Å². The van der Waals surface area contributed by atoms with E-state index in [-0.39, 0.29) is 55.1 Å². The number of hydrogen-bond acceptors (Lipinski definition) is 11. The number of aromatic nitrogens is 3. The van der Waals surface area contributed by atoms with Crippen molar-refractivity contribution in [3.05, 3.63) is 29.7 Å². The van der Waals surface area contributed by atoms with Gasteiger partial charge in [-0.25, -0.2) is 14.4 Å². The summed E-state index contributed by atoms with van der Waals surface area (Å²) >= 11 is 0. The molecule has 2 fully saturated rings. The molecule has 198 valence electrons. The van der Waals surface area contributed by atoms with Gasteiger partial charge in [-0.05, 0) is 38.0 Å². The summed E-state index contributed by atoms with van der Waals surface area (Å²) in [7, 11) is 0. The topological polar surface area (TPSA) is 160 Å². The summed E-state index contributed by atoms with van der Waals surface area (Å²) in [4.78, 5) is 49.1. The molecular weight excluding hydrogens is 499 g/mol. The molecule has 2 saturated heterocycles. The molecule has 2 aromatic heterocycles. The zero-order valence-corrected chi connectivity index (χ0v) is 20.7. The average molecular weight is 525 g/mol. The summed E-state index contributed by atoms with van der Waals surface area (Å²) in [5, 5.41) is 18.7. The molecule has 1 unspecified atom stereocenters. The molecule has 4 atom stereocenters. The van der Waals surface area contributed by atoms with E-state index < -0.39 is 47.4 Å². The van der Waals surface area contributed by atoms with Crippen molar-refractivity contribution in [1.29, 1.82) is 0 Å². The van der Waals surface area contributed by atoms with Crippen molar-refractivity contribution >= 4 is 40.2 Å². The third-order valence-electron chi connectivity index (χ3n) is 7.47. The fourth-order valence-electron chi connectivity index (χ4n) is 6.07. The van der Waals surface area contributed by atoms with Gasteiger partial charge in [0.1, 0.15) is 11.1 Å². The number of aliphatic hydroxyl groups is 1. The van der Waals surface area contributed by atoms with Gasteiger partial charge in [-0.2, -0.15) is 0 Å². The number of ketones is 1. The second-order valence-corrected chi connectivity index (χ2v) is 9.90. The molecular formula is C25H25FN6O6. The standard InChI is InChI=1S/C25H25FN6O6/c1-11-10-32-20-13(9-25(22(32)12(2)37-11)16(34)8-17(35)30-23(25)36)7-14-19(31-38-21(14)18(20)26)15-3-4-27-24(29-15)28-5-6-33/h3-4,7,11-12,22,33H,5-6,8-10H2,1-2H3,(H,27,28,29)(H,30,35,36)/t11-,12+,22-,25?/m1/s1. The molecule has 6 rings (SSSR count). The van der Waals surface area contributed by atoms with Crippen LogP contribution in [-0.2, 0) is 25.5 Å². The Hall–Kier alpha value is -3.97. The Kier molecular flexibility index (Phi) is 5.65. The Bertz CT molecular complexity index is 1470. The Morgan fingerprint density at radius 3 is 2.89 bits per heavy atom. The maximum atomic E-state index is 16.2. The van der Waals surface area contributed by atoms with Gasteiger partial charge >= 0.3 is 0 Å². The minimum absolute atomic E-state index is 0.0849. The van der Waals surface area contributed by atoms with Crippen molar-refractivity contribution in [3.8, 4) is 11.4 Å². The summed E-state index contributed by atoms with van der Waals surface area (Å²) < 4.78 is 27.7. The first-order chi connectivity index (χ1) is 18.2. The molecule has 5 heterocycles. The van der Waals surface area contributed by atoms with Crippen LogP contribution in [-0.4, -0.2) is 75.8 Å². The van der Waals surface area contributed by atoms with E-state index in [1.54, 1.807) is 24.0 Å². The summed E-state index contributed by atoms with van der Waals surface area (Å²) in [5.41, 5.74) is -0.462. The number of nitrogens with zero attached hydrogens (tertiary/aromatic N) is 4. The fourth-order valence-corrected chi connectivity index (χ4v) is 6.07. The number of anilines is 2. The molecule has 2 amide bonds. The van der Waals surface area contributed by atoms with E-state index in [0.717, 1.165) is 0 Å². The van der Waals surface area contributed by atoms with Gasteiger partial charge in [0, 0.05) is 19.3 Å². The smallest absolute Gasteiger partial charge is 0.242 e. The number of hydrogen-bond donors (Lipinski definition) is 3. The molecule has 0 aliphatic carbocycles. The number of aliphatic hydroxyl groups excluding tert-OH is 1. The van der Waals surface area contributed by atoms with E-state index in [2.05, 4.69) is 25.8 Å². The Morgan fingerprint density at radius 2 is 2.13 bits per heavy atom. The van der Waals surface area contributed by atoms with Gasteiger partial charge in [0.15, 0.2) is 11.6 Å². The largest absolute Gasteiger partial charge is 0.395 e. The highest BCUT2D eigenvalue weighted by Gasteiger charge is 2.62. The number of carbonyl (C=O) groups is 3. The minimum Gasteiger partial charge on any atom is -0.395 e. The fraction of sp³-hybridized carbons (Fsp3) is 0.440. The first-order valence-corrected chi connectivity index (χ1v) is 12.3. The van der Waals surface area contributed by atoms with Gasteiger partial charge in [0.2, 0.25) is 23.3 Å². The van der Waals surface area contributed by atoms with Crippen LogP contribution in [0.2, 0.25) is 0 Å². The number of piperidine rings is 1. The van der Waals surface area contributed by atoms with Crippen molar-refractivity contribution in [2.24, 2.45) is 5.41 Å². The second-order valence-electron chi connectivity index (χ2n) is 9.90. The normalized spacial score (nSPS) is 26.9. The number of fused-ring (bicyclic) bond motifs is 5. The SMILES string of the molecule is C[C@@H]1CN2c3c(cc4c(-c5ccnc(NCCO)n5)noc4c3F)CC3(C(=O)CC(=O)NC3=O)[C@H]2[C@H](C)O1. The lowest BCUT2D eigenvalue weighted by Gasteiger charge is -2.55. The summed E-state index contributed by atoms with van der Waals surface area (Å²) in [6.45, 7) is 3.94. The van der Waals surface area contributed by atoms with E-state index in [0.29, 0.717) is 16.6 Å². The van der Waals surface area contributed by atoms with Crippen molar-refractivity contribution in [3.63, 3.8) is 0 Å². The zero-order valence-electron chi connectivity index (χ0n) is 20.7. The number of benzene rings is 1. The summed E-state index contributed by atoms with van der Waals surface area (Å²) in [6.07, 6.45) is 0.0327. The highest BCUT2D eigenvalue weighted by Crippen LogP contribution is 2.50. The monoisotopic (exact) mass is 524 g/mol. The molecule has 0 saturated carbocycles. The molecule has 3 aliphatic rings. The number of rotatable bonds is 4. The van der Waals surface area contributed by atoms with Crippen molar-refractivity contribution in [2.75, 3.05) is 29.9 Å². The quantitative estimate of drug-likeness (QED) is 0.330. The maximum absolute atomic E-state index is 16.2. The molecule has 12 nitrogen and oxygen atoms in total. The molecule has 13 heteroatoms. The molecule has 3 N–H and O–H groups in total. The van der Waals surface area contributed by atoms with Crippen molar-refractivity contribution in [1.82, 2.24) is 20.4 Å². The minimum atomic E-state index is -1.63. The number of Topliss-reactive ketones (excluding diaryl/α,β-unsaturated/α-hetero) is 1. The predicted molar refractivity (Wildman–Crippen MR) is 131 cm³/mol. The third-order valence-corrected chi connectivity index (χ3v) is 7.47. The summed E-state index contributed by atoms with van der Waals surface area (Å²) in [5.74, 6) is -2.29. The third kappa shape index (κ3) is 3.49. The van der Waals surface area contributed by atoms with Crippen LogP contribution in [0.15, 0.2) is 22.9 Å². The molecule has 38 heavy (non-hydrogen) atoms. The lowest BCUT2D eigenvalue weighted by atomic mass is 9.63. The number of nitrogens with one attached hydrogen (secondary N) is 2. The van der Waals surface area contributed by atoms with Crippen LogP contribution in [0.3, 0.4) is 0 Å². The van der Waals surface area contributed by atoms with Crippen LogP contribution < -0.4 is 15.5 Å². The van der Waals surface area contributed by atoms with E-state index in [1.807, 2.05) is 6.92 Å². The van der Waals surface area contributed by atoms with Crippen molar-refractivity contribution in [2.45, 2.75) is 44.9 Å².